The topological polar surface area (TPSA) is 63.7 Å². The number of nitrogens with zero attached hydrogens (tertiary/aromatic N) is 1. The van der Waals surface area contributed by atoms with Crippen LogP contribution < -0.4 is 4.74 Å². The van der Waals surface area contributed by atoms with Crippen molar-refractivity contribution < 1.29 is 23.5 Å². The lowest BCUT2D eigenvalue weighted by molar-refractivity contribution is -0.155. The van der Waals surface area contributed by atoms with Crippen molar-refractivity contribution >= 4 is 33.4 Å². The fourth-order valence-electron chi connectivity index (χ4n) is 4.20. The zero-order chi connectivity index (χ0) is 23.4. The number of carbonyl (C=O) groups is 3. The van der Waals surface area contributed by atoms with Gasteiger partial charge < -0.3 is 9.64 Å². The van der Waals surface area contributed by atoms with Gasteiger partial charge in [0.15, 0.2) is 17.5 Å². The van der Waals surface area contributed by atoms with E-state index in [0.29, 0.717) is 22.2 Å². The SMILES string of the molecule is CCCCC(=O)C1C(=O)C[C@H](c2ccc(F)cc2Br)N([C@@H](C)c2ccc(OC)cc2)C1=O. The predicted octanol–water partition coefficient (Wildman–Crippen LogP) is 5.58. The van der Waals surface area contributed by atoms with E-state index in [2.05, 4.69) is 15.9 Å². The lowest BCUT2D eigenvalue weighted by Crippen LogP contribution is -2.51. The smallest absolute Gasteiger partial charge is 0.241 e. The predicted molar refractivity (Wildman–Crippen MR) is 123 cm³/mol. The largest absolute Gasteiger partial charge is 0.497 e. The summed E-state index contributed by atoms with van der Waals surface area (Å²) in [5.74, 6) is -2.21. The standard InChI is InChI=1S/C25H27BrFNO4/c1-4-5-6-22(29)24-23(30)14-21(19-12-9-17(27)13-20(19)26)28(25(24)31)15(2)16-7-10-18(32-3)11-8-16/h7-13,15,21,24H,4-6,14H2,1-3H3/t15-,21+,24?/m0/s1. The number of ketones is 2. The van der Waals surface area contributed by atoms with E-state index in [1.807, 2.05) is 26.0 Å². The summed E-state index contributed by atoms with van der Waals surface area (Å²) in [6, 6.07) is 10.5. The monoisotopic (exact) mass is 503 g/mol. The number of hydrogen-bond donors (Lipinski definition) is 0. The van der Waals surface area contributed by atoms with Crippen molar-refractivity contribution in [3.63, 3.8) is 0 Å². The normalized spacial score (nSPS) is 19.7. The van der Waals surface area contributed by atoms with E-state index in [1.54, 1.807) is 30.2 Å². The number of Topliss-reactive ketones (excluding diaryl/α,β-unsaturated/α-hetero) is 2. The third kappa shape index (κ3) is 4.93. The molecule has 3 rings (SSSR count). The first-order valence-electron chi connectivity index (χ1n) is 10.7. The number of piperidine rings is 1. The molecule has 1 aliphatic heterocycles. The number of rotatable bonds is 8. The highest BCUT2D eigenvalue weighted by atomic mass is 79.9. The van der Waals surface area contributed by atoms with Gasteiger partial charge in [0, 0.05) is 17.3 Å². The van der Waals surface area contributed by atoms with Gasteiger partial charge in [0.05, 0.1) is 19.2 Å². The Morgan fingerprint density at radius 1 is 1.22 bits per heavy atom. The molecule has 1 aliphatic rings. The van der Waals surface area contributed by atoms with Crippen molar-refractivity contribution in [3.8, 4) is 5.75 Å². The van der Waals surface area contributed by atoms with Crippen LogP contribution in [0.3, 0.4) is 0 Å². The Labute approximate surface area is 196 Å². The van der Waals surface area contributed by atoms with Crippen molar-refractivity contribution in [3.05, 3.63) is 63.9 Å². The Balaban J connectivity index is 2.04. The fourth-order valence-corrected chi connectivity index (χ4v) is 4.81. The molecule has 3 atom stereocenters. The second-order valence-corrected chi connectivity index (χ2v) is 8.90. The molecule has 1 unspecified atom stereocenters. The Hall–Kier alpha value is -2.54. The van der Waals surface area contributed by atoms with E-state index in [1.165, 1.54) is 12.1 Å². The van der Waals surface area contributed by atoms with Crippen LogP contribution in [0.2, 0.25) is 0 Å². The van der Waals surface area contributed by atoms with Crippen LogP contribution in [0.25, 0.3) is 0 Å². The minimum Gasteiger partial charge on any atom is -0.497 e. The third-order valence-electron chi connectivity index (χ3n) is 5.99. The summed E-state index contributed by atoms with van der Waals surface area (Å²) in [6.45, 7) is 3.82. The Morgan fingerprint density at radius 3 is 2.50 bits per heavy atom. The Morgan fingerprint density at radius 2 is 1.91 bits per heavy atom. The van der Waals surface area contributed by atoms with Gasteiger partial charge in [-0.25, -0.2) is 4.39 Å². The van der Waals surface area contributed by atoms with Crippen molar-refractivity contribution in [2.45, 2.75) is 51.6 Å². The van der Waals surface area contributed by atoms with Crippen LogP contribution in [0.1, 0.15) is 62.7 Å². The molecule has 7 heteroatoms. The lowest BCUT2D eigenvalue weighted by Gasteiger charge is -2.42. The molecule has 2 aromatic carbocycles. The van der Waals surface area contributed by atoms with Crippen molar-refractivity contribution in [1.82, 2.24) is 4.90 Å². The number of likely N-dealkylation sites (tertiary alicyclic amines) is 1. The highest BCUT2D eigenvalue weighted by Crippen LogP contribution is 2.41. The molecule has 0 N–H and O–H groups in total. The molecule has 32 heavy (non-hydrogen) atoms. The molecular weight excluding hydrogens is 477 g/mol. The second kappa shape index (κ2) is 10.4. The minimum atomic E-state index is -1.28. The molecular formula is C25H27BrFNO4. The molecule has 0 radical (unpaired) electrons. The van der Waals surface area contributed by atoms with Gasteiger partial charge in [-0.3, -0.25) is 14.4 Å². The van der Waals surface area contributed by atoms with Gasteiger partial charge in [-0.1, -0.05) is 47.5 Å². The van der Waals surface area contributed by atoms with Crippen LogP contribution in [0.4, 0.5) is 4.39 Å². The Bertz CT molecular complexity index is 1010. The molecule has 1 amide bonds. The molecule has 1 saturated heterocycles. The molecule has 0 bridgehead atoms. The first kappa shape index (κ1) is 24.1. The minimum absolute atomic E-state index is 0.000993. The van der Waals surface area contributed by atoms with E-state index in [9.17, 15) is 18.8 Å². The quantitative estimate of drug-likeness (QED) is 0.441. The number of methoxy groups -OCH3 is 1. The maximum atomic E-state index is 13.7. The summed E-state index contributed by atoms with van der Waals surface area (Å²) < 4.78 is 19.4. The van der Waals surface area contributed by atoms with Crippen LogP contribution in [0, 0.1) is 11.7 Å². The zero-order valence-corrected chi connectivity index (χ0v) is 20.0. The zero-order valence-electron chi connectivity index (χ0n) is 18.4. The lowest BCUT2D eigenvalue weighted by atomic mass is 9.82. The Kier molecular flexibility index (Phi) is 7.82. The number of unbranched alkanes of at least 4 members (excludes halogenated alkanes) is 1. The van der Waals surface area contributed by atoms with Crippen LogP contribution in [-0.2, 0) is 14.4 Å². The van der Waals surface area contributed by atoms with E-state index in [0.717, 1.165) is 12.0 Å². The van der Waals surface area contributed by atoms with E-state index < -0.39 is 29.7 Å². The second-order valence-electron chi connectivity index (χ2n) is 8.05. The van der Waals surface area contributed by atoms with Gasteiger partial charge in [0.25, 0.3) is 0 Å². The summed E-state index contributed by atoms with van der Waals surface area (Å²) in [7, 11) is 1.58. The first-order valence-corrected chi connectivity index (χ1v) is 11.5. The van der Waals surface area contributed by atoms with Gasteiger partial charge in [-0.15, -0.1) is 0 Å². The highest BCUT2D eigenvalue weighted by Gasteiger charge is 2.47. The van der Waals surface area contributed by atoms with Crippen molar-refractivity contribution in [2.75, 3.05) is 7.11 Å². The molecule has 5 nitrogen and oxygen atoms in total. The van der Waals surface area contributed by atoms with E-state index in [4.69, 9.17) is 4.74 Å². The maximum absolute atomic E-state index is 13.7. The van der Waals surface area contributed by atoms with Crippen molar-refractivity contribution in [1.29, 1.82) is 0 Å². The maximum Gasteiger partial charge on any atom is 0.241 e. The van der Waals surface area contributed by atoms with E-state index >= 15 is 0 Å². The molecule has 0 aromatic heterocycles. The summed E-state index contributed by atoms with van der Waals surface area (Å²) in [5, 5.41) is 0. The van der Waals surface area contributed by atoms with Crippen LogP contribution >= 0.6 is 15.9 Å². The summed E-state index contributed by atoms with van der Waals surface area (Å²) >= 11 is 3.38. The number of halogens is 2. The van der Waals surface area contributed by atoms with E-state index in [-0.39, 0.29) is 24.4 Å². The third-order valence-corrected chi connectivity index (χ3v) is 6.68. The number of hydrogen-bond acceptors (Lipinski definition) is 4. The average molecular weight is 504 g/mol. The summed E-state index contributed by atoms with van der Waals surface area (Å²) in [4.78, 5) is 41.0. The molecule has 2 aromatic rings. The number of ether oxygens (including phenoxy) is 1. The van der Waals surface area contributed by atoms with Gasteiger partial charge in [0.2, 0.25) is 5.91 Å². The molecule has 170 valence electrons. The van der Waals surface area contributed by atoms with Crippen LogP contribution in [0.5, 0.6) is 5.75 Å². The van der Waals surface area contributed by atoms with Crippen LogP contribution in [0.15, 0.2) is 46.9 Å². The number of benzene rings is 2. The summed E-state index contributed by atoms with van der Waals surface area (Å²) in [6.07, 6.45) is 1.64. The van der Waals surface area contributed by atoms with Crippen LogP contribution in [-0.4, -0.2) is 29.5 Å². The summed E-state index contributed by atoms with van der Waals surface area (Å²) in [5.41, 5.74) is 1.48. The number of amides is 1. The van der Waals surface area contributed by atoms with Crippen molar-refractivity contribution in [2.24, 2.45) is 5.92 Å². The molecule has 1 fully saturated rings. The molecule has 1 heterocycles. The fraction of sp³-hybridized carbons (Fsp3) is 0.400. The first-order chi connectivity index (χ1) is 15.3. The number of carbonyl (C=O) groups excluding carboxylic acids is 3. The molecule has 0 spiro atoms. The van der Waals surface area contributed by atoms with Gasteiger partial charge >= 0.3 is 0 Å². The van der Waals surface area contributed by atoms with Gasteiger partial charge in [-0.2, -0.15) is 0 Å². The van der Waals surface area contributed by atoms with Gasteiger partial charge in [-0.05, 0) is 48.7 Å². The van der Waals surface area contributed by atoms with Gasteiger partial charge in [0.1, 0.15) is 11.6 Å². The molecule has 0 saturated carbocycles. The molecule has 0 aliphatic carbocycles. The highest BCUT2D eigenvalue weighted by molar-refractivity contribution is 9.10. The average Bonchev–Trinajstić information content (AvgIpc) is 2.77.